The molecule has 0 heterocycles. The summed E-state index contributed by atoms with van der Waals surface area (Å²) in [6.45, 7) is 8.30. The lowest BCUT2D eigenvalue weighted by Gasteiger charge is -2.19. The van der Waals surface area contributed by atoms with E-state index in [4.69, 9.17) is 0 Å². The summed E-state index contributed by atoms with van der Waals surface area (Å²) < 4.78 is 0. The van der Waals surface area contributed by atoms with Gasteiger partial charge in [-0.3, -0.25) is 4.79 Å². The average Bonchev–Trinajstić information content (AvgIpc) is 2.54. The molecule has 0 unspecified atom stereocenters. The van der Waals surface area contributed by atoms with Crippen LogP contribution in [0.3, 0.4) is 0 Å². The molecule has 0 aliphatic rings. The number of carbonyl (C=O) groups excluding carboxylic acids is 1. The first kappa shape index (κ1) is 17.2. The van der Waals surface area contributed by atoms with Crippen molar-refractivity contribution < 1.29 is 4.79 Å². The van der Waals surface area contributed by atoms with Gasteiger partial charge in [-0.05, 0) is 34.2 Å². The van der Waals surface area contributed by atoms with Gasteiger partial charge in [-0.25, -0.2) is 0 Å². The van der Waals surface area contributed by atoms with Crippen LogP contribution in [0.4, 0.5) is 0 Å². The van der Waals surface area contributed by atoms with Gasteiger partial charge >= 0.3 is 0 Å². The van der Waals surface area contributed by atoms with Crippen LogP contribution in [0.1, 0.15) is 47.8 Å². The predicted octanol–water partition coefficient (Wildman–Crippen LogP) is 3.63. The maximum Gasteiger partial charge on any atom is 0.251 e. The van der Waals surface area contributed by atoms with Crippen LogP contribution in [0.25, 0.3) is 0 Å². The fraction of sp³-hybridized carbons (Fsp3) is 0.350. The molecule has 0 spiro atoms. The number of nitrogens with one attached hydrogen (secondary N) is 2. The Morgan fingerprint density at radius 3 is 1.78 bits per heavy atom. The van der Waals surface area contributed by atoms with E-state index in [1.165, 1.54) is 16.7 Å². The van der Waals surface area contributed by atoms with Crippen molar-refractivity contribution in [3.63, 3.8) is 0 Å². The smallest absolute Gasteiger partial charge is 0.251 e. The molecule has 0 saturated heterocycles. The fourth-order valence-corrected chi connectivity index (χ4v) is 2.39. The van der Waals surface area contributed by atoms with Gasteiger partial charge in [-0.1, -0.05) is 57.2 Å². The molecule has 0 radical (unpaired) electrons. The monoisotopic (exact) mass is 310 g/mol. The van der Waals surface area contributed by atoms with Crippen LogP contribution in [0.5, 0.6) is 0 Å². The minimum atomic E-state index is -0.0524. The number of hydrogen-bond donors (Lipinski definition) is 2. The quantitative estimate of drug-likeness (QED) is 0.885. The highest BCUT2D eigenvalue weighted by Crippen LogP contribution is 2.22. The third kappa shape index (κ3) is 4.93. The molecule has 0 fully saturated rings. The summed E-state index contributed by atoms with van der Waals surface area (Å²) in [6, 6.07) is 16.5. The second kappa shape index (κ2) is 7.42. The van der Waals surface area contributed by atoms with Crippen molar-refractivity contribution in [1.82, 2.24) is 10.6 Å². The largest absolute Gasteiger partial charge is 0.355 e. The van der Waals surface area contributed by atoms with Crippen molar-refractivity contribution in [2.45, 2.75) is 39.3 Å². The second-order valence-corrected chi connectivity index (χ2v) is 6.83. The van der Waals surface area contributed by atoms with Gasteiger partial charge in [0.15, 0.2) is 0 Å². The minimum Gasteiger partial charge on any atom is -0.355 e. The van der Waals surface area contributed by atoms with Gasteiger partial charge in [0.1, 0.15) is 0 Å². The normalized spacial score (nSPS) is 11.3. The lowest BCUT2D eigenvalue weighted by atomic mass is 9.87. The van der Waals surface area contributed by atoms with E-state index >= 15 is 0 Å². The van der Waals surface area contributed by atoms with E-state index in [-0.39, 0.29) is 11.3 Å². The van der Waals surface area contributed by atoms with E-state index in [9.17, 15) is 4.79 Å². The molecule has 23 heavy (non-hydrogen) atoms. The van der Waals surface area contributed by atoms with Crippen molar-refractivity contribution in [3.05, 3.63) is 70.8 Å². The molecular formula is C20H26N2O. The highest BCUT2D eigenvalue weighted by molar-refractivity contribution is 5.93. The summed E-state index contributed by atoms with van der Waals surface area (Å²) in [5, 5.41) is 6.06. The Kier molecular flexibility index (Phi) is 5.56. The number of benzene rings is 2. The fourth-order valence-electron chi connectivity index (χ4n) is 2.39. The molecule has 2 rings (SSSR count). The molecule has 0 aliphatic carbocycles. The summed E-state index contributed by atoms with van der Waals surface area (Å²) in [5.74, 6) is -0.0524. The van der Waals surface area contributed by atoms with Gasteiger partial charge in [0, 0.05) is 25.7 Å². The molecule has 2 aromatic rings. The maximum absolute atomic E-state index is 11.5. The number of amides is 1. The Balaban J connectivity index is 1.86. The van der Waals surface area contributed by atoms with E-state index < -0.39 is 0 Å². The number of rotatable bonds is 5. The lowest BCUT2D eigenvalue weighted by Crippen LogP contribution is -2.18. The zero-order chi connectivity index (χ0) is 16.9. The Bertz CT molecular complexity index is 637. The van der Waals surface area contributed by atoms with Crippen LogP contribution < -0.4 is 10.6 Å². The summed E-state index contributed by atoms with van der Waals surface area (Å²) in [5.41, 5.74) is 4.68. The third-order valence-electron chi connectivity index (χ3n) is 3.92. The van der Waals surface area contributed by atoms with Crippen molar-refractivity contribution in [2.24, 2.45) is 0 Å². The first-order chi connectivity index (χ1) is 10.9. The summed E-state index contributed by atoms with van der Waals surface area (Å²) in [6.07, 6.45) is 0. The van der Waals surface area contributed by atoms with Gasteiger partial charge in [-0.15, -0.1) is 0 Å². The predicted molar refractivity (Wildman–Crippen MR) is 95.5 cm³/mol. The summed E-state index contributed by atoms with van der Waals surface area (Å²) >= 11 is 0. The highest BCUT2D eigenvalue weighted by atomic mass is 16.1. The van der Waals surface area contributed by atoms with Crippen LogP contribution >= 0.6 is 0 Å². The van der Waals surface area contributed by atoms with Crippen molar-refractivity contribution in [3.8, 4) is 0 Å². The Morgan fingerprint density at radius 2 is 1.35 bits per heavy atom. The van der Waals surface area contributed by atoms with E-state index in [2.05, 4.69) is 55.7 Å². The SMILES string of the molecule is CNC(=O)c1ccc(CNCc2ccc(C(C)(C)C)cc2)cc1. The average molecular weight is 310 g/mol. The first-order valence-electron chi connectivity index (χ1n) is 8.01. The third-order valence-corrected chi connectivity index (χ3v) is 3.92. The van der Waals surface area contributed by atoms with Crippen molar-refractivity contribution >= 4 is 5.91 Å². The molecule has 0 aromatic heterocycles. The molecule has 3 nitrogen and oxygen atoms in total. The van der Waals surface area contributed by atoms with Gasteiger partial charge in [-0.2, -0.15) is 0 Å². The molecule has 2 aromatic carbocycles. The van der Waals surface area contributed by atoms with Crippen LogP contribution in [-0.4, -0.2) is 13.0 Å². The van der Waals surface area contributed by atoms with Crippen molar-refractivity contribution in [2.75, 3.05) is 7.05 Å². The minimum absolute atomic E-state index is 0.0524. The molecule has 1 amide bonds. The van der Waals surface area contributed by atoms with Crippen LogP contribution in [-0.2, 0) is 18.5 Å². The molecule has 0 atom stereocenters. The van der Waals surface area contributed by atoms with E-state index in [1.807, 2.05) is 24.3 Å². The number of hydrogen-bond acceptors (Lipinski definition) is 2. The number of carbonyl (C=O) groups is 1. The van der Waals surface area contributed by atoms with Crippen LogP contribution in [0, 0.1) is 0 Å². The molecule has 0 saturated carbocycles. The zero-order valence-corrected chi connectivity index (χ0v) is 14.4. The van der Waals surface area contributed by atoms with Crippen LogP contribution in [0.2, 0.25) is 0 Å². The van der Waals surface area contributed by atoms with Gasteiger partial charge in [0.2, 0.25) is 0 Å². The maximum atomic E-state index is 11.5. The molecule has 3 heteroatoms. The lowest BCUT2D eigenvalue weighted by molar-refractivity contribution is 0.0963. The van der Waals surface area contributed by atoms with E-state index in [0.29, 0.717) is 5.56 Å². The Labute approximate surface area is 139 Å². The molecule has 2 N–H and O–H groups in total. The molecule has 0 aliphatic heterocycles. The highest BCUT2D eigenvalue weighted by Gasteiger charge is 2.12. The Morgan fingerprint density at radius 1 is 0.870 bits per heavy atom. The molecular weight excluding hydrogens is 284 g/mol. The standard InChI is InChI=1S/C20H26N2O/c1-20(2,3)18-11-7-16(8-12-18)14-22-13-15-5-9-17(10-6-15)19(23)21-4/h5-12,22H,13-14H2,1-4H3,(H,21,23). The van der Waals surface area contributed by atoms with Crippen molar-refractivity contribution in [1.29, 1.82) is 0 Å². The van der Waals surface area contributed by atoms with Crippen LogP contribution in [0.15, 0.2) is 48.5 Å². The van der Waals surface area contributed by atoms with Gasteiger partial charge in [0.25, 0.3) is 5.91 Å². The summed E-state index contributed by atoms with van der Waals surface area (Å²) in [7, 11) is 1.64. The van der Waals surface area contributed by atoms with Gasteiger partial charge < -0.3 is 10.6 Å². The topological polar surface area (TPSA) is 41.1 Å². The Hall–Kier alpha value is -2.13. The molecule has 122 valence electrons. The van der Waals surface area contributed by atoms with E-state index in [1.54, 1.807) is 7.05 Å². The molecule has 0 bridgehead atoms. The van der Waals surface area contributed by atoms with E-state index in [0.717, 1.165) is 13.1 Å². The summed E-state index contributed by atoms with van der Waals surface area (Å²) in [4.78, 5) is 11.5. The van der Waals surface area contributed by atoms with Gasteiger partial charge in [0.05, 0.1) is 0 Å². The first-order valence-corrected chi connectivity index (χ1v) is 8.01. The second-order valence-electron chi connectivity index (χ2n) is 6.83. The zero-order valence-electron chi connectivity index (χ0n) is 14.4.